The van der Waals surface area contributed by atoms with Crippen molar-refractivity contribution in [3.05, 3.63) is 17.7 Å². The van der Waals surface area contributed by atoms with Gasteiger partial charge in [-0.1, -0.05) is 34.1 Å². The van der Waals surface area contributed by atoms with Gasteiger partial charge in [-0.25, -0.2) is 4.98 Å². The van der Waals surface area contributed by atoms with Gasteiger partial charge in [0.05, 0.1) is 5.69 Å². The van der Waals surface area contributed by atoms with E-state index < -0.39 is 0 Å². The Morgan fingerprint density at radius 1 is 1.41 bits per heavy atom. The van der Waals surface area contributed by atoms with E-state index in [1.165, 1.54) is 25.0 Å². The van der Waals surface area contributed by atoms with Crippen LogP contribution in [-0.2, 0) is 6.42 Å². The number of nitrogens with zero attached hydrogens (tertiary/aromatic N) is 1. The lowest BCUT2D eigenvalue weighted by atomic mass is 9.69. The molecule has 2 rings (SSSR count). The largest absolute Gasteiger partial charge is 0.348 e. The Kier molecular flexibility index (Phi) is 3.90. The van der Waals surface area contributed by atoms with Crippen LogP contribution in [0.1, 0.15) is 64.4 Å². The molecule has 1 fully saturated rings. The fraction of sp³-hybridized carbons (Fsp3) is 0.800. The Bertz CT molecular complexity index is 354. The van der Waals surface area contributed by atoms with E-state index in [4.69, 9.17) is 4.98 Å². The molecule has 0 aromatic carbocycles. The zero-order chi connectivity index (χ0) is 12.4. The molecule has 0 spiro atoms. The minimum atomic E-state index is 0.676. The summed E-state index contributed by atoms with van der Waals surface area (Å²) >= 11 is 0. The minimum absolute atomic E-state index is 0.676. The van der Waals surface area contributed by atoms with E-state index >= 15 is 0 Å². The van der Waals surface area contributed by atoms with Crippen LogP contribution in [0, 0.1) is 17.8 Å². The lowest BCUT2D eigenvalue weighted by molar-refractivity contribution is 0.194. The van der Waals surface area contributed by atoms with Crippen LogP contribution < -0.4 is 0 Å². The van der Waals surface area contributed by atoms with Crippen LogP contribution in [0.15, 0.2) is 6.20 Å². The summed E-state index contributed by atoms with van der Waals surface area (Å²) < 4.78 is 0. The fourth-order valence-electron chi connectivity index (χ4n) is 3.29. The number of H-pyrrole nitrogens is 1. The summed E-state index contributed by atoms with van der Waals surface area (Å²) in [5, 5.41) is 0. The van der Waals surface area contributed by atoms with E-state index in [2.05, 4.69) is 38.9 Å². The third kappa shape index (κ3) is 2.72. The number of nitrogens with one attached hydrogen (secondary N) is 1. The molecule has 0 amide bonds. The summed E-state index contributed by atoms with van der Waals surface area (Å²) in [5.41, 5.74) is 1.31. The van der Waals surface area contributed by atoms with Gasteiger partial charge in [0.1, 0.15) is 5.82 Å². The highest BCUT2D eigenvalue weighted by Gasteiger charge is 2.32. The number of aryl methyl sites for hydroxylation is 1. The van der Waals surface area contributed by atoms with Gasteiger partial charge < -0.3 is 4.98 Å². The standard InChI is InChI=1S/C15H26N2/c1-5-15-16-9-14(17-15)13-8-11(4)6-7-12(13)10(2)3/h9-13H,5-8H2,1-4H3,(H,16,17). The van der Waals surface area contributed by atoms with Crippen molar-refractivity contribution in [1.82, 2.24) is 9.97 Å². The Balaban J connectivity index is 2.19. The molecule has 2 nitrogen and oxygen atoms in total. The average Bonchev–Trinajstić information content (AvgIpc) is 2.76. The first-order chi connectivity index (χ1) is 8.11. The second-order valence-corrected chi connectivity index (χ2v) is 6.06. The number of imidazole rings is 1. The number of aromatic nitrogens is 2. The molecule has 2 heteroatoms. The van der Waals surface area contributed by atoms with Gasteiger partial charge in [-0.15, -0.1) is 0 Å². The second-order valence-electron chi connectivity index (χ2n) is 6.06. The molecule has 1 N–H and O–H groups in total. The molecule has 1 aromatic heterocycles. The van der Waals surface area contributed by atoms with Crippen molar-refractivity contribution in [2.45, 2.75) is 59.3 Å². The van der Waals surface area contributed by atoms with Gasteiger partial charge in [-0.2, -0.15) is 0 Å². The second kappa shape index (κ2) is 5.24. The van der Waals surface area contributed by atoms with Gasteiger partial charge in [0, 0.05) is 18.5 Å². The number of rotatable bonds is 3. The fourth-order valence-corrected chi connectivity index (χ4v) is 3.29. The Morgan fingerprint density at radius 2 is 2.18 bits per heavy atom. The zero-order valence-corrected chi connectivity index (χ0v) is 11.7. The van der Waals surface area contributed by atoms with Crippen LogP contribution in [0.3, 0.4) is 0 Å². The molecule has 1 aromatic rings. The SMILES string of the molecule is CCc1nc(C2CC(C)CCC2C(C)C)c[nH]1. The van der Waals surface area contributed by atoms with E-state index in [-0.39, 0.29) is 0 Å². The Labute approximate surface area is 105 Å². The first-order valence-corrected chi connectivity index (χ1v) is 7.16. The van der Waals surface area contributed by atoms with Gasteiger partial charge in [0.2, 0.25) is 0 Å². The highest BCUT2D eigenvalue weighted by Crippen LogP contribution is 2.43. The molecule has 1 heterocycles. The van der Waals surface area contributed by atoms with Crippen LogP contribution >= 0.6 is 0 Å². The number of aromatic amines is 1. The molecular weight excluding hydrogens is 208 g/mol. The molecule has 1 saturated carbocycles. The summed E-state index contributed by atoms with van der Waals surface area (Å²) in [6.45, 7) is 9.27. The van der Waals surface area contributed by atoms with Crippen molar-refractivity contribution in [3.8, 4) is 0 Å². The normalized spacial score (nSPS) is 29.8. The number of hydrogen-bond acceptors (Lipinski definition) is 1. The number of hydrogen-bond donors (Lipinski definition) is 1. The van der Waals surface area contributed by atoms with Crippen molar-refractivity contribution in [2.24, 2.45) is 17.8 Å². The van der Waals surface area contributed by atoms with Gasteiger partial charge in [0.25, 0.3) is 0 Å². The van der Waals surface area contributed by atoms with E-state index in [9.17, 15) is 0 Å². The molecule has 3 atom stereocenters. The summed E-state index contributed by atoms with van der Waals surface area (Å²) in [7, 11) is 0. The topological polar surface area (TPSA) is 28.7 Å². The van der Waals surface area contributed by atoms with Gasteiger partial charge in [0.15, 0.2) is 0 Å². The molecule has 0 saturated heterocycles. The maximum absolute atomic E-state index is 4.76. The van der Waals surface area contributed by atoms with Gasteiger partial charge >= 0.3 is 0 Å². The predicted octanol–water partition coefficient (Wildman–Crippen LogP) is 4.15. The first-order valence-electron chi connectivity index (χ1n) is 7.16. The van der Waals surface area contributed by atoms with E-state index in [1.54, 1.807) is 0 Å². The van der Waals surface area contributed by atoms with Crippen LogP contribution in [0.5, 0.6) is 0 Å². The van der Waals surface area contributed by atoms with Crippen LogP contribution in [-0.4, -0.2) is 9.97 Å². The minimum Gasteiger partial charge on any atom is -0.348 e. The highest BCUT2D eigenvalue weighted by molar-refractivity contribution is 5.11. The van der Waals surface area contributed by atoms with Crippen molar-refractivity contribution in [2.75, 3.05) is 0 Å². The van der Waals surface area contributed by atoms with Crippen LogP contribution in [0.2, 0.25) is 0 Å². The van der Waals surface area contributed by atoms with Crippen molar-refractivity contribution in [1.29, 1.82) is 0 Å². The van der Waals surface area contributed by atoms with Gasteiger partial charge in [-0.05, 0) is 30.6 Å². The maximum atomic E-state index is 4.76. The summed E-state index contributed by atoms with van der Waals surface area (Å²) in [6, 6.07) is 0. The third-order valence-corrected chi connectivity index (χ3v) is 4.39. The lowest BCUT2D eigenvalue weighted by Gasteiger charge is -2.36. The molecule has 17 heavy (non-hydrogen) atoms. The van der Waals surface area contributed by atoms with Crippen molar-refractivity contribution in [3.63, 3.8) is 0 Å². The average molecular weight is 234 g/mol. The van der Waals surface area contributed by atoms with E-state index in [0.717, 1.165) is 30.0 Å². The third-order valence-electron chi connectivity index (χ3n) is 4.39. The maximum Gasteiger partial charge on any atom is 0.106 e. The quantitative estimate of drug-likeness (QED) is 0.836. The molecule has 1 aliphatic carbocycles. The Hall–Kier alpha value is -0.790. The lowest BCUT2D eigenvalue weighted by Crippen LogP contribution is -2.26. The molecule has 0 radical (unpaired) electrons. The molecule has 3 unspecified atom stereocenters. The van der Waals surface area contributed by atoms with Crippen LogP contribution in [0.25, 0.3) is 0 Å². The molecule has 0 bridgehead atoms. The van der Waals surface area contributed by atoms with Crippen molar-refractivity contribution < 1.29 is 0 Å². The molecule has 1 aliphatic rings. The molecular formula is C15H26N2. The molecule has 96 valence electrons. The highest BCUT2D eigenvalue weighted by atomic mass is 14.9. The van der Waals surface area contributed by atoms with Gasteiger partial charge in [-0.3, -0.25) is 0 Å². The summed E-state index contributed by atoms with van der Waals surface area (Å²) in [6.07, 6.45) is 7.24. The van der Waals surface area contributed by atoms with E-state index in [0.29, 0.717) is 5.92 Å². The monoisotopic (exact) mass is 234 g/mol. The first kappa shape index (κ1) is 12.7. The predicted molar refractivity (Wildman–Crippen MR) is 72.0 cm³/mol. The zero-order valence-electron chi connectivity index (χ0n) is 11.7. The summed E-state index contributed by atoms with van der Waals surface area (Å²) in [4.78, 5) is 8.08. The van der Waals surface area contributed by atoms with Crippen LogP contribution in [0.4, 0.5) is 0 Å². The summed E-state index contributed by atoms with van der Waals surface area (Å²) in [5.74, 6) is 4.27. The smallest absolute Gasteiger partial charge is 0.106 e. The van der Waals surface area contributed by atoms with Crippen molar-refractivity contribution >= 4 is 0 Å². The van der Waals surface area contributed by atoms with E-state index in [1.807, 2.05) is 0 Å². The molecule has 0 aliphatic heterocycles. The Morgan fingerprint density at radius 3 is 2.76 bits per heavy atom.